The van der Waals surface area contributed by atoms with Crippen LogP contribution in [0.1, 0.15) is 46.5 Å². The van der Waals surface area contributed by atoms with Gasteiger partial charge in [0, 0.05) is 32.7 Å². The van der Waals surface area contributed by atoms with E-state index < -0.39 is 0 Å². The third-order valence-corrected chi connectivity index (χ3v) is 1.60. The van der Waals surface area contributed by atoms with Gasteiger partial charge in [0.25, 0.3) is 0 Å². The van der Waals surface area contributed by atoms with Crippen molar-refractivity contribution in [1.29, 1.82) is 0 Å². The SMILES string of the molecule is CCC[C-](CC)CC.[Y]. The maximum Gasteiger partial charge on any atom is 0 e. The van der Waals surface area contributed by atoms with E-state index in [0.29, 0.717) is 0 Å². The second-order valence-electron chi connectivity index (χ2n) is 2.21. The van der Waals surface area contributed by atoms with Crippen LogP contribution in [0.4, 0.5) is 0 Å². The first kappa shape index (κ1) is 12.8. The van der Waals surface area contributed by atoms with Crippen LogP contribution in [0.25, 0.3) is 0 Å². The van der Waals surface area contributed by atoms with Gasteiger partial charge >= 0.3 is 0 Å². The van der Waals surface area contributed by atoms with Gasteiger partial charge in [-0.05, 0) is 0 Å². The predicted octanol–water partition coefficient (Wildman–Crippen LogP) is 3.18. The molecule has 0 aromatic heterocycles. The number of rotatable bonds is 4. The van der Waals surface area contributed by atoms with E-state index in [4.69, 9.17) is 0 Å². The standard InChI is InChI=1S/C8H17.Y/c1-4-7-8(5-2)6-3;/h4-7H2,1-3H3;/q-1;. The molecule has 1 radical (unpaired) electrons. The Bertz CT molecular complexity index is 39.8. The van der Waals surface area contributed by atoms with Crippen molar-refractivity contribution in [1.82, 2.24) is 0 Å². The van der Waals surface area contributed by atoms with E-state index in [1.165, 1.54) is 25.7 Å². The maximum absolute atomic E-state index is 2.24. The maximum atomic E-state index is 2.24. The van der Waals surface area contributed by atoms with E-state index in [2.05, 4.69) is 20.8 Å². The zero-order chi connectivity index (χ0) is 6.41. The summed E-state index contributed by atoms with van der Waals surface area (Å²) in [5, 5.41) is 0. The molecule has 0 rings (SSSR count). The predicted molar refractivity (Wildman–Crippen MR) is 38.7 cm³/mol. The molecule has 0 bridgehead atoms. The van der Waals surface area contributed by atoms with Gasteiger partial charge < -0.3 is 5.92 Å². The fraction of sp³-hybridized carbons (Fsp3) is 0.875. The van der Waals surface area contributed by atoms with Crippen molar-refractivity contribution in [3.05, 3.63) is 5.92 Å². The molecule has 53 valence electrons. The number of hydrogen-bond donors (Lipinski definition) is 0. The molecule has 9 heavy (non-hydrogen) atoms. The van der Waals surface area contributed by atoms with Gasteiger partial charge in [-0.25, -0.2) is 0 Å². The van der Waals surface area contributed by atoms with Gasteiger partial charge in [0.2, 0.25) is 0 Å². The average molecular weight is 202 g/mol. The topological polar surface area (TPSA) is 0 Å². The molecule has 0 aliphatic rings. The van der Waals surface area contributed by atoms with Crippen LogP contribution >= 0.6 is 0 Å². The molecule has 0 aromatic carbocycles. The monoisotopic (exact) mass is 202 g/mol. The molecule has 1 heteroatoms. The van der Waals surface area contributed by atoms with Gasteiger partial charge in [-0.2, -0.15) is 19.3 Å². The summed E-state index contributed by atoms with van der Waals surface area (Å²) in [6.07, 6.45) is 5.22. The van der Waals surface area contributed by atoms with Crippen molar-refractivity contribution in [2.24, 2.45) is 0 Å². The second-order valence-corrected chi connectivity index (χ2v) is 2.21. The van der Waals surface area contributed by atoms with Crippen molar-refractivity contribution in [3.8, 4) is 0 Å². The minimum absolute atomic E-state index is 0. The van der Waals surface area contributed by atoms with E-state index in [1.807, 2.05) is 0 Å². The Kier molecular flexibility index (Phi) is 12.9. The fourth-order valence-electron chi connectivity index (χ4n) is 0.957. The molecular weight excluding hydrogens is 185 g/mol. The molecule has 0 heterocycles. The summed E-state index contributed by atoms with van der Waals surface area (Å²) in [5.74, 6) is 1.72. The van der Waals surface area contributed by atoms with Crippen LogP contribution < -0.4 is 0 Å². The molecule has 0 saturated carbocycles. The zero-order valence-electron chi connectivity index (χ0n) is 6.91. The van der Waals surface area contributed by atoms with Crippen molar-refractivity contribution in [2.75, 3.05) is 0 Å². The molecule has 0 aromatic rings. The van der Waals surface area contributed by atoms with Crippen LogP contribution in [0.15, 0.2) is 0 Å². The smallest absolute Gasteiger partial charge is 0 e. The average Bonchev–Trinajstić information content (AvgIpc) is 1.83. The van der Waals surface area contributed by atoms with Gasteiger partial charge in [0.05, 0.1) is 0 Å². The molecule has 0 aliphatic carbocycles. The largest absolute Gasteiger partial charge is 0.314 e. The third kappa shape index (κ3) is 7.00. The molecule has 0 atom stereocenters. The first-order chi connectivity index (χ1) is 3.85. The Morgan fingerprint density at radius 1 is 1.00 bits per heavy atom. The van der Waals surface area contributed by atoms with E-state index in [-0.39, 0.29) is 32.7 Å². The molecular formula is C8H17Y-. The van der Waals surface area contributed by atoms with Gasteiger partial charge in [-0.15, -0.1) is 0 Å². The fourth-order valence-corrected chi connectivity index (χ4v) is 0.957. The van der Waals surface area contributed by atoms with E-state index in [1.54, 1.807) is 5.92 Å². The summed E-state index contributed by atoms with van der Waals surface area (Å²) in [6.45, 7) is 6.73. The minimum atomic E-state index is 0. The quantitative estimate of drug-likeness (QED) is 0.614. The Morgan fingerprint density at radius 2 is 1.44 bits per heavy atom. The Morgan fingerprint density at radius 3 is 1.56 bits per heavy atom. The van der Waals surface area contributed by atoms with Crippen LogP contribution in [0.5, 0.6) is 0 Å². The van der Waals surface area contributed by atoms with E-state index in [0.717, 1.165) is 0 Å². The summed E-state index contributed by atoms with van der Waals surface area (Å²) in [5.41, 5.74) is 0. The summed E-state index contributed by atoms with van der Waals surface area (Å²) in [4.78, 5) is 0. The van der Waals surface area contributed by atoms with Crippen LogP contribution in [-0.4, -0.2) is 0 Å². The molecule has 0 spiro atoms. The Balaban J connectivity index is 0. The first-order valence-electron chi connectivity index (χ1n) is 3.68. The van der Waals surface area contributed by atoms with Crippen LogP contribution in [0, 0.1) is 5.92 Å². The summed E-state index contributed by atoms with van der Waals surface area (Å²) in [6, 6.07) is 0. The van der Waals surface area contributed by atoms with Crippen molar-refractivity contribution in [3.63, 3.8) is 0 Å². The zero-order valence-corrected chi connectivity index (χ0v) is 9.74. The van der Waals surface area contributed by atoms with Crippen molar-refractivity contribution < 1.29 is 32.7 Å². The number of hydrogen-bond acceptors (Lipinski definition) is 0. The van der Waals surface area contributed by atoms with Crippen molar-refractivity contribution >= 4 is 0 Å². The summed E-state index contributed by atoms with van der Waals surface area (Å²) in [7, 11) is 0. The van der Waals surface area contributed by atoms with E-state index >= 15 is 0 Å². The minimum Gasteiger partial charge on any atom is -0.314 e. The molecule has 0 N–H and O–H groups in total. The van der Waals surface area contributed by atoms with Gasteiger partial charge in [-0.1, -0.05) is 27.2 Å². The Hall–Kier alpha value is 1.10. The molecule has 0 amide bonds. The molecule has 0 nitrogen and oxygen atoms in total. The van der Waals surface area contributed by atoms with Gasteiger partial charge in [0.15, 0.2) is 0 Å². The normalized spacial score (nSPS) is 9.33. The third-order valence-electron chi connectivity index (χ3n) is 1.60. The van der Waals surface area contributed by atoms with Crippen LogP contribution in [-0.2, 0) is 32.7 Å². The molecule has 0 aliphatic heterocycles. The molecule has 0 fully saturated rings. The van der Waals surface area contributed by atoms with E-state index in [9.17, 15) is 0 Å². The van der Waals surface area contributed by atoms with Gasteiger partial charge in [-0.3, -0.25) is 0 Å². The van der Waals surface area contributed by atoms with Gasteiger partial charge in [0.1, 0.15) is 0 Å². The van der Waals surface area contributed by atoms with Crippen LogP contribution in [0.3, 0.4) is 0 Å². The summed E-state index contributed by atoms with van der Waals surface area (Å²) >= 11 is 0. The van der Waals surface area contributed by atoms with Crippen LogP contribution in [0.2, 0.25) is 0 Å². The molecule has 0 unspecified atom stereocenters. The Labute approximate surface area is 84.7 Å². The summed E-state index contributed by atoms with van der Waals surface area (Å²) < 4.78 is 0. The second kappa shape index (κ2) is 9.10. The van der Waals surface area contributed by atoms with Crippen molar-refractivity contribution in [2.45, 2.75) is 46.5 Å². The molecule has 0 saturated heterocycles. The first-order valence-corrected chi connectivity index (χ1v) is 3.68.